The summed E-state index contributed by atoms with van der Waals surface area (Å²) in [6.07, 6.45) is -3.47. The molecule has 0 saturated carbocycles. The third kappa shape index (κ3) is 4.35. The second kappa shape index (κ2) is 7.30. The SMILES string of the molecule is O=C(CN1C(=O)c2ccccc2CS1(=O)=O)N(Cc1ccco1)CC(F)(F)F. The molecule has 7 nitrogen and oxygen atoms in total. The zero-order valence-electron chi connectivity index (χ0n) is 14.3. The van der Waals surface area contributed by atoms with Crippen molar-refractivity contribution in [2.45, 2.75) is 18.5 Å². The van der Waals surface area contributed by atoms with Crippen LogP contribution < -0.4 is 0 Å². The van der Waals surface area contributed by atoms with Gasteiger partial charge in [0.1, 0.15) is 18.8 Å². The zero-order valence-corrected chi connectivity index (χ0v) is 15.2. The molecule has 11 heteroatoms. The summed E-state index contributed by atoms with van der Waals surface area (Å²) in [7, 11) is -4.19. The van der Waals surface area contributed by atoms with E-state index in [-0.39, 0.29) is 16.9 Å². The van der Waals surface area contributed by atoms with E-state index < -0.39 is 53.4 Å². The van der Waals surface area contributed by atoms with Gasteiger partial charge >= 0.3 is 6.18 Å². The van der Waals surface area contributed by atoms with Crippen LogP contribution >= 0.6 is 0 Å². The Hall–Kier alpha value is -2.82. The van der Waals surface area contributed by atoms with Gasteiger partial charge in [0, 0.05) is 5.56 Å². The van der Waals surface area contributed by atoms with Crippen LogP contribution in [-0.2, 0) is 27.1 Å². The quantitative estimate of drug-likeness (QED) is 0.746. The van der Waals surface area contributed by atoms with Crippen molar-refractivity contribution in [1.29, 1.82) is 0 Å². The van der Waals surface area contributed by atoms with Crippen LogP contribution in [0.1, 0.15) is 21.7 Å². The van der Waals surface area contributed by atoms with Gasteiger partial charge in [-0.25, -0.2) is 12.7 Å². The van der Waals surface area contributed by atoms with Crippen LogP contribution in [0.2, 0.25) is 0 Å². The van der Waals surface area contributed by atoms with Gasteiger partial charge in [-0.2, -0.15) is 13.2 Å². The van der Waals surface area contributed by atoms with Gasteiger partial charge in [-0.1, -0.05) is 18.2 Å². The molecule has 3 rings (SSSR count). The maximum Gasteiger partial charge on any atom is 0.406 e. The van der Waals surface area contributed by atoms with Crippen molar-refractivity contribution < 1.29 is 35.6 Å². The Labute approximate surface area is 158 Å². The number of furan rings is 1. The second-order valence-electron chi connectivity index (χ2n) is 6.17. The molecule has 0 spiro atoms. The number of hydrogen-bond acceptors (Lipinski definition) is 5. The monoisotopic (exact) mass is 416 g/mol. The molecule has 0 atom stereocenters. The van der Waals surface area contributed by atoms with E-state index in [4.69, 9.17) is 4.42 Å². The standard InChI is InChI=1S/C17H15F3N2O5S/c18-17(19,20)11-21(8-13-5-3-7-27-13)15(23)9-22-16(24)14-6-2-1-4-12(14)10-28(22,25)26/h1-7H,8-11H2. The third-order valence-electron chi connectivity index (χ3n) is 4.08. The molecule has 0 bridgehead atoms. The van der Waals surface area contributed by atoms with Gasteiger partial charge in [0.2, 0.25) is 15.9 Å². The minimum Gasteiger partial charge on any atom is -0.467 e. The van der Waals surface area contributed by atoms with E-state index in [1.54, 1.807) is 6.07 Å². The van der Waals surface area contributed by atoms with Gasteiger partial charge in [0.05, 0.1) is 18.6 Å². The molecule has 1 aromatic carbocycles. The molecule has 28 heavy (non-hydrogen) atoms. The summed E-state index contributed by atoms with van der Waals surface area (Å²) < 4.78 is 68.7. The molecule has 0 aliphatic carbocycles. The highest BCUT2D eigenvalue weighted by Gasteiger charge is 2.39. The van der Waals surface area contributed by atoms with Crippen LogP contribution in [0.5, 0.6) is 0 Å². The highest BCUT2D eigenvalue weighted by molar-refractivity contribution is 7.89. The first-order chi connectivity index (χ1) is 13.1. The van der Waals surface area contributed by atoms with E-state index in [1.807, 2.05) is 0 Å². The normalized spacial score (nSPS) is 16.0. The molecule has 2 amide bonds. The molecule has 0 fully saturated rings. The molecule has 2 heterocycles. The summed E-state index contributed by atoms with van der Waals surface area (Å²) in [6, 6.07) is 8.80. The number of benzene rings is 1. The number of halogens is 3. The molecule has 1 aliphatic heterocycles. The van der Waals surface area contributed by atoms with Crippen LogP contribution in [0, 0.1) is 0 Å². The van der Waals surface area contributed by atoms with Gasteiger partial charge < -0.3 is 9.32 Å². The molecule has 0 unspecified atom stereocenters. The van der Waals surface area contributed by atoms with Crippen LogP contribution in [-0.4, -0.2) is 48.7 Å². The van der Waals surface area contributed by atoms with Gasteiger partial charge in [-0.3, -0.25) is 9.59 Å². The predicted molar refractivity (Wildman–Crippen MR) is 90.3 cm³/mol. The minimum absolute atomic E-state index is 0.0933. The number of carbonyl (C=O) groups is 2. The smallest absolute Gasteiger partial charge is 0.406 e. The molecule has 2 aromatic rings. The lowest BCUT2D eigenvalue weighted by Crippen LogP contribution is -2.49. The van der Waals surface area contributed by atoms with Crippen molar-refractivity contribution >= 4 is 21.8 Å². The number of hydrogen-bond donors (Lipinski definition) is 0. The molecule has 0 N–H and O–H groups in total. The fraction of sp³-hybridized carbons (Fsp3) is 0.294. The molecular weight excluding hydrogens is 401 g/mol. The largest absolute Gasteiger partial charge is 0.467 e. The Bertz CT molecular complexity index is 986. The number of rotatable bonds is 5. The van der Waals surface area contributed by atoms with E-state index in [1.165, 1.54) is 36.6 Å². The predicted octanol–water partition coefficient (Wildman–Crippen LogP) is 2.16. The lowest BCUT2D eigenvalue weighted by molar-refractivity contribution is -0.162. The molecule has 1 aromatic heterocycles. The summed E-state index contributed by atoms with van der Waals surface area (Å²) >= 11 is 0. The maximum atomic E-state index is 12.9. The van der Waals surface area contributed by atoms with E-state index in [9.17, 15) is 31.2 Å². The number of carbonyl (C=O) groups excluding carboxylic acids is 2. The summed E-state index contributed by atoms with van der Waals surface area (Å²) in [5, 5.41) is 0. The average Bonchev–Trinajstić information content (AvgIpc) is 3.09. The lowest BCUT2D eigenvalue weighted by Gasteiger charge is -2.30. The van der Waals surface area contributed by atoms with Crippen molar-refractivity contribution in [1.82, 2.24) is 9.21 Å². The Morgan fingerprint density at radius 2 is 1.89 bits per heavy atom. The lowest BCUT2D eigenvalue weighted by atomic mass is 10.1. The second-order valence-corrected chi connectivity index (χ2v) is 8.06. The fourth-order valence-corrected chi connectivity index (χ4v) is 4.28. The summed E-state index contributed by atoms with van der Waals surface area (Å²) in [4.78, 5) is 25.4. The highest BCUT2D eigenvalue weighted by Crippen LogP contribution is 2.25. The Morgan fingerprint density at radius 1 is 1.18 bits per heavy atom. The van der Waals surface area contributed by atoms with Crippen molar-refractivity contribution in [3.63, 3.8) is 0 Å². The molecule has 0 radical (unpaired) electrons. The summed E-state index contributed by atoms with van der Waals surface area (Å²) in [5.41, 5.74) is 0.373. The van der Waals surface area contributed by atoms with Gasteiger partial charge in [-0.05, 0) is 23.8 Å². The van der Waals surface area contributed by atoms with Gasteiger partial charge in [0.25, 0.3) is 5.91 Å². The molecular formula is C17H15F3N2O5S. The summed E-state index contributed by atoms with van der Waals surface area (Å²) in [6.45, 7) is -3.14. The number of amides is 2. The number of fused-ring (bicyclic) bond motifs is 1. The molecule has 0 saturated heterocycles. The van der Waals surface area contributed by atoms with Crippen LogP contribution in [0.25, 0.3) is 0 Å². The maximum absolute atomic E-state index is 12.9. The summed E-state index contributed by atoms with van der Waals surface area (Å²) in [5.74, 6) is -2.53. The van der Waals surface area contributed by atoms with E-state index in [0.717, 1.165) is 0 Å². The van der Waals surface area contributed by atoms with E-state index in [2.05, 4.69) is 0 Å². The van der Waals surface area contributed by atoms with Crippen molar-refractivity contribution in [2.24, 2.45) is 0 Å². The molecule has 1 aliphatic rings. The van der Waals surface area contributed by atoms with E-state index in [0.29, 0.717) is 9.21 Å². The zero-order chi connectivity index (χ0) is 20.5. The average molecular weight is 416 g/mol. The Kier molecular flexibility index (Phi) is 5.20. The van der Waals surface area contributed by atoms with Crippen LogP contribution in [0.4, 0.5) is 13.2 Å². The topological polar surface area (TPSA) is 87.9 Å². The Balaban J connectivity index is 1.85. The van der Waals surface area contributed by atoms with Crippen molar-refractivity contribution in [3.8, 4) is 0 Å². The first-order valence-electron chi connectivity index (χ1n) is 8.06. The first-order valence-corrected chi connectivity index (χ1v) is 9.67. The Morgan fingerprint density at radius 3 is 2.54 bits per heavy atom. The minimum atomic E-state index is -4.71. The van der Waals surface area contributed by atoms with Crippen molar-refractivity contribution in [2.75, 3.05) is 13.1 Å². The number of nitrogens with zero attached hydrogens (tertiary/aromatic N) is 2. The highest BCUT2D eigenvalue weighted by atomic mass is 32.2. The van der Waals surface area contributed by atoms with Gasteiger partial charge in [-0.15, -0.1) is 0 Å². The van der Waals surface area contributed by atoms with Gasteiger partial charge in [0.15, 0.2) is 0 Å². The van der Waals surface area contributed by atoms with E-state index >= 15 is 0 Å². The number of sulfonamides is 1. The number of alkyl halides is 3. The van der Waals surface area contributed by atoms with Crippen LogP contribution in [0.3, 0.4) is 0 Å². The third-order valence-corrected chi connectivity index (χ3v) is 5.72. The van der Waals surface area contributed by atoms with Crippen molar-refractivity contribution in [3.05, 3.63) is 59.5 Å². The first kappa shape index (κ1) is 19.9. The fourth-order valence-electron chi connectivity index (χ4n) is 2.82. The van der Waals surface area contributed by atoms with Crippen LogP contribution in [0.15, 0.2) is 47.1 Å². The molecule has 150 valence electrons.